The van der Waals surface area contributed by atoms with Gasteiger partial charge in [0.15, 0.2) is 0 Å². The van der Waals surface area contributed by atoms with Crippen molar-refractivity contribution in [2.45, 2.75) is 38.5 Å². The molecule has 8 heteroatoms. The van der Waals surface area contributed by atoms with Crippen LogP contribution < -0.4 is 10.2 Å². The third-order valence-electron chi connectivity index (χ3n) is 3.97. The van der Waals surface area contributed by atoms with Crippen LogP contribution in [0, 0.1) is 5.92 Å². The highest BCUT2D eigenvalue weighted by Crippen LogP contribution is 2.36. The lowest BCUT2D eigenvalue weighted by Crippen LogP contribution is -2.52. The minimum absolute atomic E-state index is 0.0776. The Morgan fingerprint density at radius 2 is 2.18 bits per heavy atom. The van der Waals surface area contributed by atoms with Gasteiger partial charge in [-0.1, -0.05) is 0 Å². The molecule has 0 spiro atoms. The quantitative estimate of drug-likeness (QED) is 0.887. The van der Waals surface area contributed by atoms with Crippen LogP contribution in [0.4, 0.5) is 10.7 Å². The van der Waals surface area contributed by atoms with Crippen LogP contribution in [0.25, 0.3) is 0 Å². The summed E-state index contributed by atoms with van der Waals surface area (Å²) in [6.07, 6.45) is 2.68. The number of nitrogens with zero attached hydrogens (tertiary/aromatic N) is 4. The Labute approximate surface area is 129 Å². The van der Waals surface area contributed by atoms with Crippen molar-refractivity contribution >= 4 is 12.0 Å². The van der Waals surface area contributed by atoms with Crippen molar-refractivity contribution in [2.24, 2.45) is 5.92 Å². The predicted octanol–water partition coefficient (Wildman–Crippen LogP) is 0.845. The van der Waals surface area contributed by atoms with Gasteiger partial charge in [-0.2, -0.15) is 4.98 Å². The molecule has 1 saturated carbocycles. The number of morpholine rings is 1. The molecule has 2 amide bonds. The van der Waals surface area contributed by atoms with Crippen LogP contribution in [-0.4, -0.2) is 60.5 Å². The lowest BCUT2D eigenvalue weighted by Gasteiger charge is -2.36. The summed E-state index contributed by atoms with van der Waals surface area (Å²) in [4.78, 5) is 20.1. The first-order valence-electron chi connectivity index (χ1n) is 7.71. The summed E-state index contributed by atoms with van der Waals surface area (Å²) in [5, 5.41) is 6.65. The number of aromatic nitrogens is 2. The maximum Gasteiger partial charge on any atom is 0.318 e. The van der Waals surface area contributed by atoms with Crippen LogP contribution in [0.2, 0.25) is 0 Å². The molecule has 1 aliphatic heterocycles. The fraction of sp³-hybridized carbons (Fsp3) is 0.786. The number of urea groups is 1. The third-order valence-corrected chi connectivity index (χ3v) is 3.97. The van der Waals surface area contributed by atoms with Crippen molar-refractivity contribution in [3.63, 3.8) is 0 Å². The fourth-order valence-electron chi connectivity index (χ4n) is 2.64. The number of amides is 2. The van der Waals surface area contributed by atoms with Crippen molar-refractivity contribution in [1.82, 2.24) is 20.4 Å². The number of carbonyl (C=O) groups is 1. The molecule has 1 aliphatic carbocycles. The predicted molar refractivity (Wildman–Crippen MR) is 79.5 cm³/mol. The van der Waals surface area contributed by atoms with Gasteiger partial charge in [0.1, 0.15) is 0 Å². The summed E-state index contributed by atoms with van der Waals surface area (Å²) in [5.41, 5.74) is 0. The van der Waals surface area contributed by atoms with E-state index in [1.54, 1.807) is 4.90 Å². The topological polar surface area (TPSA) is 83.7 Å². The van der Waals surface area contributed by atoms with Gasteiger partial charge >= 0.3 is 6.03 Å². The molecule has 1 saturated heterocycles. The minimum atomic E-state index is -0.106. The zero-order valence-electron chi connectivity index (χ0n) is 13.3. The number of hydrogen-bond donors (Lipinski definition) is 1. The number of nitrogens with one attached hydrogen (secondary N) is 1. The summed E-state index contributed by atoms with van der Waals surface area (Å²) in [6.45, 7) is 3.52. The van der Waals surface area contributed by atoms with E-state index in [1.165, 1.54) is 12.8 Å². The van der Waals surface area contributed by atoms with Crippen LogP contribution in [0.3, 0.4) is 0 Å². The maximum atomic E-state index is 12.3. The molecule has 122 valence electrons. The fourth-order valence-corrected chi connectivity index (χ4v) is 2.64. The molecular weight excluding hydrogens is 286 g/mol. The van der Waals surface area contributed by atoms with E-state index < -0.39 is 0 Å². The summed E-state index contributed by atoms with van der Waals surface area (Å²) in [5.74, 6) is 1.52. The molecule has 2 heterocycles. The number of carbonyl (C=O) groups excluding carboxylic acids is 1. The van der Waals surface area contributed by atoms with Gasteiger partial charge in [0.25, 0.3) is 5.95 Å². The van der Waals surface area contributed by atoms with Crippen molar-refractivity contribution in [3.05, 3.63) is 5.89 Å². The Kier molecular flexibility index (Phi) is 4.19. The molecule has 2 fully saturated rings. The second-order valence-electron chi connectivity index (χ2n) is 6.27. The molecule has 8 nitrogen and oxygen atoms in total. The van der Waals surface area contributed by atoms with E-state index in [2.05, 4.69) is 15.5 Å². The molecule has 22 heavy (non-hydrogen) atoms. The monoisotopic (exact) mass is 309 g/mol. The molecular formula is C14H23N5O3. The van der Waals surface area contributed by atoms with E-state index >= 15 is 0 Å². The maximum absolute atomic E-state index is 12.3. The van der Waals surface area contributed by atoms with Crippen molar-refractivity contribution in [2.75, 3.05) is 32.1 Å². The summed E-state index contributed by atoms with van der Waals surface area (Å²) in [7, 11) is 3.67. The number of hydrogen-bond acceptors (Lipinski definition) is 6. The van der Waals surface area contributed by atoms with E-state index in [9.17, 15) is 4.79 Å². The number of anilines is 1. The molecule has 0 bridgehead atoms. The summed E-state index contributed by atoms with van der Waals surface area (Å²) in [6, 6.07) is -0.106. The van der Waals surface area contributed by atoms with Crippen molar-refractivity contribution in [1.29, 1.82) is 0 Å². The third kappa shape index (κ3) is 3.49. The van der Waals surface area contributed by atoms with Crippen LogP contribution in [0.5, 0.6) is 0 Å². The highest BCUT2D eigenvalue weighted by molar-refractivity contribution is 5.74. The first-order chi connectivity index (χ1) is 10.5. The smallest absolute Gasteiger partial charge is 0.318 e. The molecule has 1 aromatic rings. The standard InChI is InChI=1S/C14H23N5O3/c1-9-7-19(8-11(21-9)10-4-5-10)14(20)15-6-12-16-13(17-22-12)18(2)3/h9-11H,4-8H2,1-3H3,(H,15,20)/t9-,11+/m1/s1. The highest BCUT2D eigenvalue weighted by atomic mass is 16.5. The molecule has 0 unspecified atom stereocenters. The molecule has 0 aromatic carbocycles. The van der Waals surface area contributed by atoms with Gasteiger partial charge < -0.3 is 24.4 Å². The first kappa shape index (κ1) is 15.1. The molecule has 0 radical (unpaired) electrons. The molecule has 2 atom stereocenters. The van der Waals surface area contributed by atoms with E-state index in [0.29, 0.717) is 30.8 Å². The van der Waals surface area contributed by atoms with Gasteiger partial charge in [0.05, 0.1) is 18.8 Å². The van der Waals surface area contributed by atoms with Crippen molar-refractivity contribution < 1.29 is 14.1 Å². The van der Waals surface area contributed by atoms with Gasteiger partial charge in [-0.05, 0) is 30.8 Å². The second-order valence-corrected chi connectivity index (χ2v) is 6.27. The Morgan fingerprint density at radius 3 is 2.82 bits per heavy atom. The average molecular weight is 309 g/mol. The molecule has 1 aromatic heterocycles. The second kappa shape index (κ2) is 6.12. The van der Waals surface area contributed by atoms with Gasteiger partial charge in [0.2, 0.25) is 5.89 Å². The zero-order chi connectivity index (χ0) is 15.7. The van der Waals surface area contributed by atoms with E-state index in [4.69, 9.17) is 9.26 Å². The summed E-state index contributed by atoms with van der Waals surface area (Å²) >= 11 is 0. The minimum Gasteiger partial charge on any atom is -0.371 e. The Balaban J connectivity index is 1.52. The SMILES string of the molecule is C[C@@H]1CN(C(=O)NCc2nc(N(C)C)no2)C[C@@H](C2CC2)O1. The Bertz CT molecular complexity index is 528. The van der Waals surface area contributed by atoms with Crippen LogP contribution in [0.1, 0.15) is 25.7 Å². The van der Waals surface area contributed by atoms with E-state index in [1.807, 2.05) is 25.9 Å². The van der Waals surface area contributed by atoms with Crippen LogP contribution in [0.15, 0.2) is 4.52 Å². The average Bonchev–Trinajstić information content (AvgIpc) is 3.22. The van der Waals surface area contributed by atoms with Gasteiger partial charge in [0, 0.05) is 27.2 Å². The number of rotatable bonds is 4. The number of ether oxygens (including phenoxy) is 1. The van der Waals surface area contributed by atoms with Gasteiger partial charge in [-0.15, -0.1) is 0 Å². The van der Waals surface area contributed by atoms with Gasteiger partial charge in [-0.25, -0.2) is 4.79 Å². The Morgan fingerprint density at radius 1 is 1.41 bits per heavy atom. The lowest BCUT2D eigenvalue weighted by atomic mass is 10.1. The van der Waals surface area contributed by atoms with Crippen LogP contribution in [-0.2, 0) is 11.3 Å². The largest absolute Gasteiger partial charge is 0.371 e. The lowest BCUT2D eigenvalue weighted by molar-refractivity contribution is -0.0731. The summed E-state index contributed by atoms with van der Waals surface area (Å²) < 4.78 is 11.0. The molecule has 2 aliphatic rings. The molecule has 1 N–H and O–H groups in total. The first-order valence-corrected chi connectivity index (χ1v) is 7.71. The van der Waals surface area contributed by atoms with Crippen molar-refractivity contribution in [3.8, 4) is 0 Å². The van der Waals surface area contributed by atoms with Gasteiger partial charge in [-0.3, -0.25) is 0 Å². The molecule has 3 rings (SSSR count). The highest BCUT2D eigenvalue weighted by Gasteiger charge is 2.38. The van der Waals surface area contributed by atoms with E-state index in [0.717, 1.165) is 0 Å². The van der Waals surface area contributed by atoms with Crippen LogP contribution >= 0.6 is 0 Å². The Hall–Kier alpha value is -1.83. The normalized spacial score (nSPS) is 25.1. The zero-order valence-corrected chi connectivity index (χ0v) is 13.3. The van der Waals surface area contributed by atoms with E-state index in [-0.39, 0.29) is 24.8 Å².